The zero-order valence-corrected chi connectivity index (χ0v) is 31.1. The molecule has 3 N–H and O–H groups in total. The minimum absolute atomic E-state index is 0. The van der Waals surface area contributed by atoms with E-state index in [2.05, 4.69) is 16.0 Å². The van der Waals surface area contributed by atoms with Crippen molar-refractivity contribution in [1.82, 2.24) is 35.0 Å². The number of nitrogens with one attached hydrogen (secondary N) is 3. The van der Waals surface area contributed by atoms with E-state index in [1.54, 1.807) is 59.5 Å². The molecule has 267 valence electrons. The fourth-order valence-electron chi connectivity index (χ4n) is 5.79. The van der Waals surface area contributed by atoms with Gasteiger partial charge in [0.05, 0.1) is 0 Å². The van der Waals surface area contributed by atoms with Gasteiger partial charge in [-0.2, -0.15) is 0 Å². The van der Waals surface area contributed by atoms with E-state index in [-0.39, 0.29) is 110 Å². The minimum atomic E-state index is -0.874. The molecule has 6 rings (SSSR count). The monoisotopic (exact) mass is 846 g/mol. The summed E-state index contributed by atoms with van der Waals surface area (Å²) in [6.45, 7) is 0.280. The van der Waals surface area contributed by atoms with Gasteiger partial charge in [0.2, 0.25) is 0 Å². The van der Waals surface area contributed by atoms with Crippen LogP contribution < -0.4 is 32.6 Å². The second kappa shape index (κ2) is 16.8. The largest absolute Gasteiger partial charge is 3.00 e. The van der Waals surface area contributed by atoms with Crippen LogP contribution in [0.4, 0.5) is 0 Å². The first-order valence-electron chi connectivity index (χ1n) is 16.1. The summed E-state index contributed by atoms with van der Waals surface area (Å²) >= 11 is 0. The second-order valence-corrected chi connectivity index (χ2v) is 11.8. The topological polar surface area (TPSA) is 226 Å². The number of benzene rings is 3. The third-order valence-electron chi connectivity index (χ3n) is 8.50. The Morgan fingerprint density at radius 2 is 0.755 bits per heavy atom. The molecule has 3 aromatic carbocycles. The summed E-state index contributed by atoms with van der Waals surface area (Å²) in [5, 5.41) is 47.3. The van der Waals surface area contributed by atoms with Crippen molar-refractivity contribution in [1.29, 1.82) is 0 Å². The summed E-state index contributed by atoms with van der Waals surface area (Å²) in [5.74, 6) is -2.39. The molecule has 17 heteroatoms. The molecule has 0 spiro atoms. The van der Waals surface area contributed by atoms with Gasteiger partial charge in [-0.25, -0.2) is 0 Å². The van der Waals surface area contributed by atoms with Crippen LogP contribution in [0.1, 0.15) is 31.5 Å². The smallest absolute Gasteiger partial charge is 0.803 e. The van der Waals surface area contributed by atoms with E-state index in [1.807, 2.05) is 0 Å². The van der Waals surface area contributed by atoms with Gasteiger partial charge in [0, 0.05) is 55.4 Å². The van der Waals surface area contributed by atoms with Crippen molar-refractivity contribution < 1.29 is 55.2 Å². The Hall–Kier alpha value is -5.59. The summed E-state index contributed by atoms with van der Waals surface area (Å²) in [5.41, 5.74) is -3.81. The maximum absolute atomic E-state index is 13.0. The summed E-state index contributed by atoms with van der Waals surface area (Å²) in [6.07, 6.45) is 0. The molecule has 0 atom stereocenters. The summed E-state index contributed by atoms with van der Waals surface area (Å²) in [6, 6.07) is 23.0. The fraction of sp³-hybridized carbons (Fsp3) is 0.167. The van der Waals surface area contributed by atoms with Crippen molar-refractivity contribution in [3.8, 4) is 0 Å². The molecule has 6 aromatic rings. The SMILES string of the molecule is O=C(NCCN(CCNC(=O)c1cc2ccccc2c(=O)n1[O-])CCNC(=O)c1cc2ccccc2c(=O)n1[O-])c1cc2ccccc2c(=O)n1[O-].[Nd+3]. The van der Waals surface area contributed by atoms with E-state index in [1.165, 1.54) is 36.4 Å². The van der Waals surface area contributed by atoms with Crippen LogP contribution in [0.25, 0.3) is 32.3 Å². The van der Waals surface area contributed by atoms with E-state index < -0.39 is 51.5 Å². The second-order valence-electron chi connectivity index (χ2n) is 11.8. The number of hydrogen-bond donors (Lipinski definition) is 3. The maximum Gasteiger partial charge on any atom is 3.00 e. The summed E-state index contributed by atoms with van der Waals surface area (Å²) < 4.78 is 0.0574. The van der Waals surface area contributed by atoms with Crippen LogP contribution in [0, 0.1) is 56.5 Å². The average Bonchev–Trinajstić information content (AvgIpc) is 3.15. The number of carbonyl (C=O) groups is 3. The van der Waals surface area contributed by atoms with Crippen molar-refractivity contribution >= 4 is 50.0 Å². The Kier molecular flexibility index (Phi) is 12.3. The summed E-state index contributed by atoms with van der Waals surface area (Å²) in [4.78, 5) is 78.1. The molecular weight excluding hydrogens is 819 g/mol. The number of rotatable bonds is 12. The predicted molar refractivity (Wildman–Crippen MR) is 194 cm³/mol. The fourth-order valence-corrected chi connectivity index (χ4v) is 5.79. The van der Waals surface area contributed by atoms with Crippen LogP contribution in [0.15, 0.2) is 105 Å². The molecule has 0 saturated carbocycles. The van der Waals surface area contributed by atoms with Crippen molar-refractivity contribution in [3.63, 3.8) is 0 Å². The van der Waals surface area contributed by atoms with Gasteiger partial charge < -0.3 is 45.8 Å². The van der Waals surface area contributed by atoms with E-state index in [9.17, 15) is 44.4 Å². The Bertz CT molecular complexity index is 2270. The Balaban J connectivity index is 0.00000541. The molecule has 0 unspecified atom stereocenters. The van der Waals surface area contributed by atoms with Gasteiger partial charge in [-0.3, -0.25) is 33.7 Å². The summed E-state index contributed by atoms with van der Waals surface area (Å²) in [7, 11) is 0. The van der Waals surface area contributed by atoms with Crippen LogP contribution in [0.5, 0.6) is 0 Å². The molecule has 0 bridgehead atoms. The standard InChI is InChI=1S/C36H30N7O9.Nd/c44-31(28-19-22-7-1-4-10-25(22)34(47)41(28)50)37-13-16-40(17-14-38-32(45)29-20-23-8-2-5-11-26(23)35(48)42(29)51)18-15-39-33(46)30-21-24-9-3-6-12-27(24)36(49)43(30)52;/h1-12,19-21H,13-18H2,(H,37,44)(H,38,45)(H,39,46);/q-3;+3. The van der Waals surface area contributed by atoms with Gasteiger partial charge in [0.25, 0.3) is 34.4 Å². The first kappa shape index (κ1) is 38.6. The number of carbonyl (C=O) groups excluding carboxylic acids is 3. The van der Waals surface area contributed by atoms with Crippen LogP contribution in [0.3, 0.4) is 0 Å². The average molecular weight is 849 g/mol. The molecule has 0 fully saturated rings. The van der Waals surface area contributed by atoms with Gasteiger partial charge in [-0.15, -0.1) is 0 Å². The van der Waals surface area contributed by atoms with Crippen molar-refractivity contribution in [3.05, 3.63) is 155 Å². The number of hydrogen-bond acceptors (Lipinski definition) is 10. The van der Waals surface area contributed by atoms with Gasteiger partial charge >= 0.3 is 40.8 Å². The molecule has 3 amide bonds. The van der Waals surface area contributed by atoms with Crippen molar-refractivity contribution in [2.24, 2.45) is 0 Å². The normalized spacial score (nSPS) is 11.0. The minimum Gasteiger partial charge on any atom is -0.803 e. The zero-order chi connectivity index (χ0) is 36.9. The third kappa shape index (κ3) is 8.24. The molecular formula is C36H30N7NdO9. The molecule has 0 aliphatic rings. The molecule has 0 aliphatic carbocycles. The Morgan fingerprint density at radius 1 is 0.491 bits per heavy atom. The van der Waals surface area contributed by atoms with E-state index in [4.69, 9.17) is 0 Å². The predicted octanol–water partition coefficient (Wildman–Crippen LogP) is 1.56. The third-order valence-corrected chi connectivity index (χ3v) is 8.50. The quantitative estimate of drug-likeness (QED) is 0.161. The number of amides is 3. The maximum atomic E-state index is 13.0. The first-order valence-corrected chi connectivity index (χ1v) is 16.1. The van der Waals surface area contributed by atoms with E-state index >= 15 is 0 Å². The van der Waals surface area contributed by atoms with Crippen molar-refractivity contribution in [2.45, 2.75) is 0 Å². The first-order chi connectivity index (χ1) is 25.0. The van der Waals surface area contributed by atoms with Gasteiger partial charge in [-0.1, -0.05) is 54.6 Å². The van der Waals surface area contributed by atoms with E-state index in [0.29, 0.717) is 16.2 Å². The molecule has 3 heterocycles. The van der Waals surface area contributed by atoms with Gasteiger partial charge in [-0.05, 0) is 52.6 Å². The molecule has 0 saturated heterocycles. The van der Waals surface area contributed by atoms with E-state index in [0.717, 1.165) is 0 Å². The molecule has 3 aromatic heterocycles. The molecule has 1 radical (unpaired) electrons. The number of pyridine rings is 3. The zero-order valence-electron chi connectivity index (χ0n) is 27.9. The molecule has 16 nitrogen and oxygen atoms in total. The molecule has 0 aliphatic heterocycles. The number of nitrogens with zero attached hydrogens (tertiary/aromatic N) is 4. The Labute approximate surface area is 332 Å². The van der Waals surface area contributed by atoms with Crippen LogP contribution >= 0.6 is 0 Å². The number of aromatic nitrogens is 3. The van der Waals surface area contributed by atoms with Crippen molar-refractivity contribution in [2.75, 3.05) is 39.3 Å². The Morgan fingerprint density at radius 3 is 1.04 bits per heavy atom. The van der Waals surface area contributed by atoms with Gasteiger partial charge in [0.15, 0.2) is 0 Å². The molecule has 53 heavy (non-hydrogen) atoms. The number of fused-ring (bicyclic) bond motifs is 3. The van der Waals surface area contributed by atoms with Gasteiger partial charge in [0.1, 0.15) is 17.1 Å². The van der Waals surface area contributed by atoms with Crippen LogP contribution in [-0.4, -0.2) is 76.1 Å². The van der Waals surface area contributed by atoms with Crippen LogP contribution in [0.2, 0.25) is 0 Å². The van der Waals surface area contributed by atoms with Crippen LogP contribution in [-0.2, 0) is 0 Å².